The number of hydrogen-bond donors (Lipinski definition) is 1. The Bertz CT molecular complexity index is 490. The largest absolute Gasteiger partial charge is 0.388 e. The van der Waals surface area contributed by atoms with Gasteiger partial charge in [0.2, 0.25) is 0 Å². The quantitative estimate of drug-likeness (QED) is 0.867. The molecule has 2 heteroatoms. The van der Waals surface area contributed by atoms with Crippen LogP contribution in [0.1, 0.15) is 38.4 Å². The maximum absolute atomic E-state index is 10.4. The van der Waals surface area contributed by atoms with Crippen LogP contribution in [0.3, 0.4) is 0 Å². The number of fused-ring (bicyclic) bond motifs is 1. The van der Waals surface area contributed by atoms with Crippen molar-refractivity contribution < 1.29 is 5.11 Å². The maximum atomic E-state index is 10.4. The van der Waals surface area contributed by atoms with Crippen molar-refractivity contribution in [2.75, 3.05) is 0 Å². The van der Waals surface area contributed by atoms with E-state index >= 15 is 0 Å². The normalized spacial score (nSPS) is 14.8. The summed E-state index contributed by atoms with van der Waals surface area (Å²) in [5.41, 5.74) is 1.95. The van der Waals surface area contributed by atoms with Crippen molar-refractivity contribution in [3.05, 3.63) is 42.1 Å². The Labute approximate surface area is 102 Å². The smallest absolute Gasteiger partial charge is 0.0822 e. The number of aliphatic hydroxyl groups is 1. The van der Waals surface area contributed by atoms with E-state index in [0.29, 0.717) is 0 Å². The number of pyridine rings is 1. The van der Waals surface area contributed by atoms with Crippen LogP contribution in [-0.4, -0.2) is 10.1 Å². The minimum atomic E-state index is -0.400. The predicted octanol–water partition coefficient (Wildman–Crippen LogP) is 3.70. The molecular formula is C15H19NO. The van der Waals surface area contributed by atoms with Gasteiger partial charge >= 0.3 is 0 Å². The first kappa shape index (κ1) is 12.1. The predicted molar refractivity (Wildman–Crippen MR) is 70.8 cm³/mol. The zero-order valence-corrected chi connectivity index (χ0v) is 10.4. The van der Waals surface area contributed by atoms with Crippen LogP contribution in [0.4, 0.5) is 0 Å². The first-order valence-corrected chi connectivity index (χ1v) is 6.25. The Morgan fingerprint density at radius 1 is 1.24 bits per heavy atom. The molecule has 0 radical (unpaired) electrons. The fraction of sp³-hybridized carbons (Fsp3) is 0.400. The molecule has 1 aromatic carbocycles. The van der Waals surface area contributed by atoms with Gasteiger partial charge in [0.15, 0.2) is 0 Å². The zero-order valence-electron chi connectivity index (χ0n) is 10.4. The van der Waals surface area contributed by atoms with E-state index in [1.807, 2.05) is 30.3 Å². The number of benzene rings is 1. The van der Waals surface area contributed by atoms with Gasteiger partial charge in [0, 0.05) is 11.6 Å². The molecule has 2 rings (SSSR count). The molecule has 0 aliphatic carbocycles. The van der Waals surface area contributed by atoms with E-state index in [2.05, 4.69) is 18.8 Å². The topological polar surface area (TPSA) is 33.1 Å². The molecule has 0 aliphatic rings. The number of aliphatic hydroxyl groups excluding tert-OH is 1. The third kappa shape index (κ3) is 2.47. The van der Waals surface area contributed by atoms with Crippen LogP contribution < -0.4 is 0 Å². The lowest BCUT2D eigenvalue weighted by molar-refractivity contribution is 0.113. The zero-order chi connectivity index (χ0) is 12.3. The first-order valence-electron chi connectivity index (χ1n) is 6.25. The highest BCUT2D eigenvalue weighted by molar-refractivity contribution is 5.82. The van der Waals surface area contributed by atoms with Crippen LogP contribution in [0, 0.1) is 5.92 Å². The van der Waals surface area contributed by atoms with Crippen molar-refractivity contribution >= 4 is 10.9 Å². The Hall–Kier alpha value is -1.41. The number of para-hydroxylation sites is 1. The number of rotatable bonds is 4. The van der Waals surface area contributed by atoms with Gasteiger partial charge in [-0.1, -0.05) is 38.5 Å². The molecule has 0 bridgehead atoms. The molecule has 0 spiro atoms. The Morgan fingerprint density at radius 3 is 2.76 bits per heavy atom. The van der Waals surface area contributed by atoms with E-state index < -0.39 is 6.10 Å². The summed E-state index contributed by atoms with van der Waals surface area (Å²) in [5, 5.41) is 11.5. The van der Waals surface area contributed by atoms with E-state index in [0.717, 1.165) is 29.3 Å². The lowest BCUT2D eigenvalue weighted by Crippen LogP contribution is -2.09. The molecule has 2 aromatic rings. The highest BCUT2D eigenvalue weighted by Crippen LogP contribution is 2.29. The molecular weight excluding hydrogens is 210 g/mol. The van der Waals surface area contributed by atoms with Gasteiger partial charge in [0.05, 0.1) is 11.6 Å². The van der Waals surface area contributed by atoms with Gasteiger partial charge in [0.25, 0.3) is 0 Å². The van der Waals surface area contributed by atoms with Crippen LogP contribution in [-0.2, 0) is 0 Å². The number of aromatic nitrogens is 1. The van der Waals surface area contributed by atoms with E-state index in [-0.39, 0.29) is 5.92 Å². The minimum Gasteiger partial charge on any atom is -0.388 e. The van der Waals surface area contributed by atoms with Crippen molar-refractivity contribution in [2.24, 2.45) is 5.92 Å². The molecule has 2 unspecified atom stereocenters. The average Bonchev–Trinajstić information content (AvgIpc) is 2.37. The summed E-state index contributed by atoms with van der Waals surface area (Å²) in [5.74, 6) is 0.283. The average molecular weight is 229 g/mol. The second-order valence-corrected chi connectivity index (χ2v) is 4.63. The standard InChI is InChI=1S/C15H19NO/c1-3-6-11(2)15(17)13-9-10-16-14-8-5-4-7-12(13)14/h4-5,7-11,15,17H,3,6H2,1-2H3. The summed E-state index contributed by atoms with van der Waals surface area (Å²) in [6.07, 6.45) is 3.52. The molecule has 1 aromatic heterocycles. The highest BCUT2D eigenvalue weighted by Gasteiger charge is 2.17. The molecule has 0 amide bonds. The van der Waals surface area contributed by atoms with Crippen molar-refractivity contribution in [3.63, 3.8) is 0 Å². The van der Waals surface area contributed by atoms with Gasteiger partial charge in [-0.25, -0.2) is 0 Å². The second kappa shape index (κ2) is 5.28. The van der Waals surface area contributed by atoms with Gasteiger partial charge in [0.1, 0.15) is 0 Å². The van der Waals surface area contributed by atoms with Gasteiger partial charge in [-0.15, -0.1) is 0 Å². The van der Waals surface area contributed by atoms with Crippen LogP contribution in [0.15, 0.2) is 36.5 Å². The molecule has 1 heterocycles. The Morgan fingerprint density at radius 2 is 2.00 bits per heavy atom. The minimum absolute atomic E-state index is 0.283. The monoisotopic (exact) mass is 229 g/mol. The molecule has 0 saturated carbocycles. The molecule has 0 fully saturated rings. The summed E-state index contributed by atoms with van der Waals surface area (Å²) in [6.45, 7) is 4.25. The van der Waals surface area contributed by atoms with Gasteiger partial charge < -0.3 is 5.11 Å². The lowest BCUT2D eigenvalue weighted by Gasteiger charge is -2.19. The molecule has 0 aliphatic heterocycles. The van der Waals surface area contributed by atoms with Crippen molar-refractivity contribution in [3.8, 4) is 0 Å². The van der Waals surface area contributed by atoms with Crippen LogP contribution in [0.2, 0.25) is 0 Å². The summed E-state index contributed by atoms with van der Waals surface area (Å²) < 4.78 is 0. The second-order valence-electron chi connectivity index (χ2n) is 4.63. The van der Waals surface area contributed by atoms with Gasteiger partial charge in [-0.05, 0) is 30.0 Å². The molecule has 2 nitrogen and oxygen atoms in total. The molecule has 2 atom stereocenters. The number of hydrogen-bond acceptors (Lipinski definition) is 2. The SMILES string of the molecule is CCCC(C)C(O)c1ccnc2ccccc12. The summed E-state index contributed by atoms with van der Waals surface area (Å²) in [4.78, 5) is 4.32. The fourth-order valence-electron chi connectivity index (χ4n) is 2.30. The molecule has 17 heavy (non-hydrogen) atoms. The van der Waals surface area contributed by atoms with Crippen LogP contribution in [0.5, 0.6) is 0 Å². The fourth-order valence-corrected chi connectivity index (χ4v) is 2.30. The summed E-state index contributed by atoms with van der Waals surface area (Å²) in [6, 6.07) is 9.90. The van der Waals surface area contributed by atoms with E-state index in [4.69, 9.17) is 0 Å². The van der Waals surface area contributed by atoms with E-state index in [1.54, 1.807) is 6.20 Å². The van der Waals surface area contributed by atoms with Crippen LogP contribution >= 0.6 is 0 Å². The molecule has 90 valence electrons. The van der Waals surface area contributed by atoms with E-state index in [1.165, 1.54) is 0 Å². The van der Waals surface area contributed by atoms with Crippen LogP contribution in [0.25, 0.3) is 10.9 Å². The van der Waals surface area contributed by atoms with Crippen molar-refractivity contribution in [1.29, 1.82) is 0 Å². The maximum Gasteiger partial charge on any atom is 0.0822 e. The Kier molecular flexibility index (Phi) is 3.75. The first-order chi connectivity index (χ1) is 8.24. The molecule has 0 saturated heterocycles. The van der Waals surface area contributed by atoms with Gasteiger partial charge in [-0.3, -0.25) is 4.98 Å². The summed E-state index contributed by atoms with van der Waals surface area (Å²) in [7, 11) is 0. The van der Waals surface area contributed by atoms with Gasteiger partial charge in [-0.2, -0.15) is 0 Å². The third-order valence-corrected chi connectivity index (χ3v) is 3.28. The summed E-state index contributed by atoms with van der Waals surface area (Å²) >= 11 is 0. The van der Waals surface area contributed by atoms with Crippen molar-refractivity contribution in [2.45, 2.75) is 32.8 Å². The Balaban J connectivity index is 2.41. The lowest BCUT2D eigenvalue weighted by atomic mass is 9.92. The van der Waals surface area contributed by atoms with Crippen molar-refractivity contribution in [1.82, 2.24) is 4.98 Å². The third-order valence-electron chi connectivity index (χ3n) is 3.28. The molecule has 1 N–H and O–H groups in total. The van der Waals surface area contributed by atoms with E-state index in [9.17, 15) is 5.11 Å². The number of nitrogens with zero attached hydrogens (tertiary/aromatic N) is 1. The highest BCUT2D eigenvalue weighted by atomic mass is 16.3.